The van der Waals surface area contributed by atoms with Gasteiger partial charge in [0.2, 0.25) is 5.79 Å². The van der Waals surface area contributed by atoms with E-state index < -0.39 is 12.9 Å². The first-order valence-electron chi connectivity index (χ1n) is 6.02. The Bertz CT molecular complexity index is 519. The maximum atomic E-state index is 12.0. The van der Waals surface area contributed by atoms with E-state index in [9.17, 15) is 4.57 Å². The molecule has 2 rings (SSSR count). The molecule has 18 heavy (non-hydrogen) atoms. The second kappa shape index (κ2) is 4.36. The lowest BCUT2D eigenvalue weighted by molar-refractivity contribution is -0.180. The number of fused-ring (bicyclic) bond motifs is 1. The summed E-state index contributed by atoms with van der Waals surface area (Å²) in [6.07, 6.45) is 2.33. The normalized spacial score (nSPS) is 18.1. The summed E-state index contributed by atoms with van der Waals surface area (Å²) in [6.45, 7) is 9.74. The zero-order valence-corrected chi connectivity index (χ0v) is 12.5. The van der Waals surface area contributed by atoms with E-state index in [1.165, 1.54) is 0 Å². The number of pyridine rings is 1. The van der Waals surface area contributed by atoms with E-state index in [1.807, 2.05) is 20.8 Å². The van der Waals surface area contributed by atoms with E-state index >= 15 is 0 Å². The third kappa shape index (κ3) is 2.93. The average molecular weight is 269 g/mol. The Kier molecular flexibility index (Phi) is 3.28. The van der Waals surface area contributed by atoms with Gasteiger partial charge in [0.1, 0.15) is 5.75 Å². The fourth-order valence-electron chi connectivity index (χ4n) is 2.04. The average Bonchev–Trinajstić information content (AvgIpc) is 2.20. The third-order valence-corrected chi connectivity index (χ3v) is 3.97. The van der Waals surface area contributed by atoms with Gasteiger partial charge in [-0.15, -0.1) is 0 Å². The number of hydrogen-bond acceptors (Lipinski definition) is 4. The minimum absolute atomic E-state index is 0.487. The maximum Gasteiger partial charge on any atom is 0.205 e. The summed E-state index contributed by atoms with van der Waals surface area (Å²) in [7, 11) is -2.13. The lowest BCUT2D eigenvalue weighted by Gasteiger charge is -2.34. The Morgan fingerprint density at radius 2 is 2.11 bits per heavy atom. The van der Waals surface area contributed by atoms with Crippen molar-refractivity contribution >= 4 is 7.14 Å². The van der Waals surface area contributed by atoms with Crippen molar-refractivity contribution in [3.8, 4) is 5.75 Å². The summed E-state index contributed by atoms with van der Waals surface area (Å²) in [5.41, 5.74) is 2.82. The zero-order valence-electron chi connectivity index (χ0n) is 11.6. The van der Waals surface area contributed by atoms with Gasteiger partial charge in [-0.05, 0) is 25.8 Å². The van der Waals surface area contributed by atoms with E-state index in [2.05, 4.69) is 4.98 Å². The van der Waals surface area contributed by atoms with Crippen LogP contribution in [0, 0.1) is 6.92 Å². The quantitative estimate of drug-likeness (QED) is 0.774. The van der Waals surface area contributed by atoms with Crippen LogP contribution in [-0.2, 0) is 22.1 Å². The molecule has 0 fully saturated rings. The highest BCUT2D eigenvalue weighted by atomic mass is 31.2. The minimum atomic E-state index is -2.13. The van der Waals surface area contributed by atoms with E-state index in [0.717, 1.165) is 22.6 Å². The van der Waals surface area contributed by atoms with Crippen molar-refractivity contribution in [2.75, 3.05) is 13.3 Å². The molecule has 0 aliphatic carbocycles. The smallest absolute Gasteiger partial charge is 0.205 e. The molecule has 100 valence electrons. The van der Waals surface area contributed by atoms with Gasteiger partial charge in [-0.3, -0.25) is 4.98 Å². The van der Waals surface area contributed by atoms with Crippen molar-refractivity contribution in [3.63, 3.8) is 0 Å². The molecule has 0 radical (unpaired) electrons. The second-order valence-corrected chi connectivity index (χ2v) is 9.16. The molecular formula is C13H20NO3P. The lowest BCUT2D eigenvalue weighted by atomic mass is 10.1. The van der Waals surface area contributed by atoms with Gasteiger partial charge in [0, 0.05) is 31.8 Å². The van der Waals surface area contributed by atoms with E-state index in [0.29, 0.717) is 12.8 Å². The molecule has 4 nitrogen and oxygen atoms in total. The topological polar surface area (TPSA) is 48.4 Å². The summed E-state index contributed by atoms with van der Waals surface area (Å²) in [6, 6.07) is 0. The molecule has 1 aliphatic heterocycles. The number of nitrogens with zero attached hydrogens (tertiary/aromatic N) is 1. The highest BCUT2D eigenvalue weighted by molar-refractivity contribution is 7.61. The van der Waals surface area contributed by atoms with Gasteiger partial charge in [-0.25, -0.2) is 0 Å². The molecule has 0 bridgehead atoms. The van der Waals surface area contributed by atoms with Crippen molar-refractivity contribution in [2.45, 2.75) is 39.3 Å². The highest BCUT2D eigenvalue weighted by Gasteiger charge is 2.31. The first-order chi connectivity index (χ1) is 8.18. The minimum Gasteiger partial charge on any atom is -0.461 e. The van der Waals surface area contributed by atoms with E-state index in [1.54, 1.807) is 19.5 Å². The van der Waals surface area contributed by atoms with Gasteiger partial charge >= 0.3 is 0 Å². The Morgan fingerprint density at radius 3 is 2.72 bits per heavy atom. The molecule has 1 aromatic heterocycles. The van der Waals surface area contributed by atoms with Crippen LogP contribution in [-0.4, -0.2) is 24.1 Å². The summed E-state index contributed by atoms with van der Waals surface area (Å²) in [4.78, 5) is 4.34. The summed E-state index contributed by atoms with van der Waals surface area (Å²) in [5, 5.41) is 0. The summed E-state index contributed by atoms with van der Waals surface area (Å²) in [5.74, 6) is 0.164. The van der Waals surface area contributed by atoms with Crippen LogP contribution in [0.15, 0.2) is 6.20 Å². The molecule has 0 spiro atoms. The van der Waals surface area contributed by atoms with E-state index in [-0.39, 0.29) is 0 Å². The van der Waals surface area contributed by atoms with Crippen LogP contribution in [0.2, 0.25) is 0 Å². The maximum absolute atomic E-state index is 12.0. The fraction of sp³-hybridized carbons (Fsp3) is 0.615. The second-order valence-electron chi connectivity index (χ2n) is 5.70. The predicted octanol–water partition coefficient (Wildman–Crippen LogP) is 3.16. The Balaban J connectivity index is 2.45. The van der Waals surface area contributed by atoms with Crippen LogP contribution < -0.4 is 4.74 Å². The summed E-state index contributed by atoms with van der Waals surface area (Å²) < 4.78 is 23.5. The van der Waals surface area contributed by atoms with Crippen LogP contribution in [0.3, 0.4) is 0 Å². The molecule has 0 unspecified atom stereocenters. The van der Waals surface area contributed by atoms with Crippen LogP contribution in [0.1, 0.15) is 30.7 Å². The Hall–Kier alpha value is -0.860. The third-order valence-electron chi connectivity index (χ3n) is 2.87. The van der Waals surface area contributed by atoms with Gasteiger partial charge in [0.25, 0.3) is 0 Å². The van der Waals surface area contributed by atoms with Crippen LogP contribution >= 0.6 is 7.14 Å². The number of aromatic nitrogens is 1. The summed E-state index contributed by atoms with van der Waals surface area (Å²) >= 11 is 0. The molecule has 0 N–H and O–H groups in total. The SMILES string of the molecule is Cc1ncc(CP(C)(C)=O)c2c1OC(C)(C)OC2. The fourth-order valence-corrected chi connectivity index (χ4v) is 3.13. The van der Waals surface area contributed by atoms with Gasteiger partial charge in [0.15, 0.2) is 0 Å². The molecule has 0 amide bonds. The van der Waals surface area contributed by atoms with Crippen LogP contribution in [0.25, 0.3) is 0 Å². The molecule has 1 aromatic rings. The van der Waals surface area contributed by atoms with E-state index in [4.69, 9.17) is 9.47 Å². The Labute approximate surface area is 108 Å². The van der Waals surface area contributed by atoms with Gasteiger partial charge in [-0.1, -0.05) is 0 Å². The standard InChI is InChI=1S/C13H20NO3P/c1-9-12-11(7-16-13(2,3)17-12)10(6-14-9)8-18(4,5)15/h6H,7-8H2,1-5H3. The molecule has 2 heterocycles. The largest absolute Gasteiger partial charge is 0.461 e. The highest BCUT2D eigenvalue weighted by Crippen LogP contribution is 2.44. The van der Waals surface area contributed by atoms with Gasteiger partial charge in [0.05, 0.1) is 19.4 Å². The molecule has 0 saturated carbocycles. The molecule has 0 atom stereocenters. The molecule has 0 saturated heterocycles. The monoisotopic (exact) mass is 269 g/mol. The Morgan fingerprint density at radius 1 is 1.44 bits per heavy atom. The van der Waals surface area contributed by atoms with Gasteiger partial charge in [-0.2, -0.15) is 0 Å². The van der Waals surface area contributed by atoms with Crippen molar-refractivity contribution < 1.29 is 14.0 Å². The van der Waals surface area contributed by atoms with Gasteiger partial charge < -0.3 is 14.0 Å². The lowest BCUT2D eigenvalue weighted by Crippen LogP contribution is -2.36. The van der Waals surface area contributed by atoms with Crippen LogP contribution in [0.5, 0.6) is 5.75 Å². The number of aryl methyl sites for hydroxylation is 1. The number of ether oxygens (including phenoxy) is 2. The number of rotatable bonds is 2. The van der Waals surface area contributed by atoms with Crippen LogP contribution in [0.4, 0.5) is 0 Å². The molecule has 1 aliphatic rings. The van der Waals surface area contributed by atoms with Crippen molar-refractivity contribution in [3.05, 3.63) is 23.0 Å². The first kappa shape index (κ1) is 13.6. The van der Waals surface area contributed by atoms with Crippen molar-refractivity contribution in [2.24, 2.45) is 0 Å². The van der Waals surface area contributed by atoms with Crippen molar-refractivity contribution in [1.29, 1.82) is 0 Å². The molecule has 5 heteroatoms. The number of hydrogen-bond donors (Lipinski definition) is 0. The molecular weight excluding hydrogens is 249 g/mol. The molecule has 0 aromatic carbocycles. The first-order valence-corrected chi connectivity index (χ1v) is 8.81. The zero-order chi connectivity index (χ0) is 13.6. The predicted molar refractivity (Wildman–Crippen MR) is 71.6 cm³/mol. The van der Waals surface area contributed by atoms with Crippen molar-refractivity contribution in [1.82, 2.24) is 4.98 Å².